The Balaban J connectivity index is 4.51. The van der Waals surface area contributed by atoms with Crippen LogP contribution < -0.4 is 5.32 Å². The predicted octanol–water partition coefficient (Wildman–Crippen LogP) is 2.77. The molecule has 0 aliphatic rings. The highest BCUT2D eigenvalue weighted by molar-refractivity contribution is 5.88. The van der Waals surface area contributed by atoms with Crippen molar-refractivity contribution >= 4 is 5.78 Å². The minimum Gasteiger partial charge on any atom is -0.303 e. The maximum absolute atomic E-state index is 12.0. The Bertz CT molecular complexity index is 195. The van der Waals surface area contributed by atoms with Crippen molar-refractivity contribution in [3.05, 3.63) is 0 Å². The molecule has 1 N–H and O–H groups in total. The second-order valence-corrected chi connectivity index (χ2v) is 5.97. The van der Waals surface area contributed by atoms with E-state index in [9.17, 15) is 4.79 Å². The number of carbonyl (C=O) groups excluding carboxylic acids is 1. The molecule has 0 aromatic rings. The van der Waals surface area contributed by atoms with Gasteiger partial charge in [-0.15, -0.1) is 0 Å². The van der Waals surface area contributed by atoms with E-state index in [0.29, 0.717) is 5.78 Å². The SMILES string of the molecule is CC[C@H](NC(C)(C)C)C(=O)C(C)(C)C. The molecule has 84 valence electrons. The summed E-state index contributed by atoms with van der Waals surface area (Å²) in [5.41, 5.74) is -0.249. The van der Waals surface area contributed by atoms with Crippen molar-refractivity contribution in [2.45, 2.75) is 66.5 Å². The molecule has 0 aliphatic heterocycles. The Morgan fingerprint density at radius 2 is 1.57 bits per heavy atom. The maximum Gasteiger partial charge on any atom is 0.155 e. The molecule has 0 fully saturated rings. The van der Waals surface area contributed by atoms with Gasteiger partial charge in [0.05, 0.1) is 6.04 Å². The Morgan fingerprint density at radius 3 is 1.79 bits per heavy atom. The van der Waals surface area contributed by atoms with Crippen molar-refractivity contribution < 1.29 is 4.79 Å². The van der Waals surface area contributed by atoms with Crippen molar-refractivity contribution in [2.75, 3.05) is 0 Å². The zero-order valence-corrected chi connectivity index (χ0v) is 10.7. The molecule has 0 aromatic carbocycles. The topological polar surface area (TPSA) is 29.1 Å². The zero-order chi connectivity index (χ0) is 11.6. The Kier molecular flexibility index (Phi) is 4.32. The van der Waals surface area contributed by atoms with Crippen LogP contribution in [0.3, 0.4) is 0 Å². The third-order valence-corrected chi connectivity index (χ3v) is 2.07. The zero-order valence-electron chi connectivity index (χ0n) is 10.7. The van der Waals surface area contributed by atoms with Crippen LogP contribution in [0.4, 0.5) is 0 Å². The van der Waals surface area contributed by atoms with Gasteiger partial charge >= 0.3 is 0 Å². The fourth-order valence-electron chi connectivity index (χ4n) is 1.40. The molecule has 0 rings (SSSR count). The maximum atomic E-state index is 12.0. The van der Waals surface area contributed by atoms with Gasteiger partial charge in [-0.05, 0) is 27.2 Å². The van der Waals surface area contributed by atoms with Gasteiger partial charge in [0, 0.05) is 11.0 Å². The average Bonchev–Trinajstić information content (AvgIpc) is 1.95. The lowest BCUT2D eigenvalue weighted by Crippen LogP contribution is -2.50. The van der Waals surface area contributed by atoms with Gasteiger partial charge in [0.2, 0.25) is 0 Å². The molecule has 0 spiro atoms. The molecule has 2 nitrogen and oxygen atoms in total. The van der Waals surface area contributed by atoms with Crippen LogP contribution in [0.5, 0.6) is 0 Å². The molecular formula is C12H25NO. The largest absolute Gasteiger partial charge is 0.303 e. The number of hydrogen-bond donors (Lipinski definition) is 1. The van der Waals surface area contributed by atoms with Gasteiger partial charge in [-0.2, -0.15) is 0 Å². The standard InChI is InChI=1S/C12H25NO/c1-8-9(13-12(5,6)7)10(14)11(2,3)4/h9,13H,8H2,1-7H3/t9-/m0/s1. The third kappa shape index (κ3) is 4.75. The quantitative estimate of drug-likeness (QED) is 0.757. The van der Waals surface area contributed by atoms with Gasteiger partial charge in [0.1, 0.15) is 0 Å². The van der Waals surface area contributed by atoms with E-state index in [1.165, 1.54) is 0 Å². The number of carbonyl (C=O) groups is 1. The second kappa shape index (κ2) is 4.43. The Labute approximate surface area is 88.5 Å². The van der Waals surface area contributed by atoms with Crippen LogP contribution in [0, 0.1) is 5.41 Å². The highest BCUT2D eigenvalue weighted by Gasteiger charge is 2.30. The minimum atomic E-state index is -0.251. The Hall–Kier alpha value is -0.370. The molecule has 0 radical (unpaired) electrons. The van der Waals surface area contributed by atoms with Gasteiger partial charge in [-0.3, -0.25) is 4.79 Å². The monoisotopic (exact) mass is 199 g/mol. The number of Topliss-reactive ketones (excluding diaryl/α,β-unsaturated/α-hetero) is 1. The van der Waals surface area contributed by atoms with Gasteiger partial charge in [-0.25, -0.2) is 0 Å². The summed E-state index contributed by atoms with van der Waals surface area (Å²) in [6.07, 6.45) is 0.855. The number of hydrogen-bond acceptors (Lipinski definition) is 2. The molecule has 0 saturated heterocycles. The summed E-state index contributed by atoms with van der Waals surface area (Å²) in [4.78, 5) is 12.0. The van der Waals surface area contributed by atoms with E-state index in [-0.39, 0.29) is 17.0 Å². The molecule has 0 bridgehead atoms. The highest BCUT2D eigenvalue weighted by atomic mass is 16.1. The molecule has 0 unspecified atom stereocenters. The van der Waals surface area contributed by atoms with E-state index >= 15 is 0 Å². The van der Waals surface area contributed by atoms with Crippen molar-refractivity contribution in [1.29, 1.82) is 0 Å². The first-order chi connectivity index (χ1) is 6.08. The minimum absolute atomic E-state index is 0.00157. The summed E-state index contributed by atoms with van der Waals surface area (Å²) in [6.45, 7) is 14.2. The first-order valence-electron chi connectivity index (χ1n) is 5.40. The highest BCUT2D eigenvalue weighted by Crippen LogP contribution is 2.19. The molecule has 0 aromatic heterocycles. The van der Waals surface area contributed by atoms with Gasteiger partial charge < -0.3 is 5.32 Å². The summed E-state index contributed by atoms with van der Waals surface area (Å²) >= 11 is 0. The molecule has 1 atom stereocenters. The van der Waals surface area contributed by atoms with Gasteiger partial charge in [0.25, 0.3) is 0 Å². The molecule has 0 saturated carbocycles. The van der Waals surface area contributed by atoms with E-state index in [1.807, 2.05) is 27.7 Å². The van der Waals surface area contributed by atoms with Crippen molar-refractivity contribution in [1.82, 2.24) is 5.32 Å². The summed E-state index contributed by atoms with van der Waals surface area (Å²) in [6, 6.07) is -0.0185. The van der Waals surface area contributed by atoms with E-state index < -0.39 is 0 Å². The second-order valence-electron chi connectivity index (χ2n) is 5.97. The Morgan fingerprint density at radius 1 is 1.14 bits per heavy atom. The van der Waals surface area contributed by atoms with E-state index in [0.717, 1.165) is 6.42 Å². The lowest BCUT2D eigenvalue weighted by atomic mass is 9.85. The normalized spacial score (nSPS) is 15.4. The predicted molar refractivity (Wildman–Crippen MR) is 61.4 cm³/mol. The van der Waals surface area contributed by atoms with Crippen LogP contribution >= 0.6 is 0 Å². The van der Waals surface area contributed by atoms with Gasteiger partial charge in [-0.1, -0.05) is 27.7 Å². The number of nitrogens with one attached hydrogen (secondary N) is 1. The fraction of sp³-hybridized carbons (Fsp3) is 0.917. The van der Waals surface area contributed by atoms with Crippen LogP contribution in [-0.2, 0) is 4.79 Å². The lowest BCUT2D eigenvalue weighted by molar-refractivity contribution is -0.129. The van der Waals surface area contributed by atoms with Crippen LogP contribution in [0.15, 0.2) is 0 Å². The lowest BCUT2D eigenvalue weighted by Gasteiger charge is -2.31. The summed E-state index contributed by atoms with van der Waals surface area (Å²) in [5, 5.41) is 3.36. The van der Waals surface area contributed by atoms with Crippen molar-refractivity contribution in [2.24, 2.45) is 5.41 Å². The first-order valence-corrected chi connectivity index (χ1v) is 5.40. The van der Waals surface area contributed by atoms with Crippen molar-refractivity contribution in [3.63, 3.8) is 0 Å². The molecule has 0 heterocycles. The summed E-state index contributed by atoms with van der Waals surface area (Å²) in [7, 11) is 0. The van der Waals surface area contributed by atoms with Crippen LogP contribution in [0.25, 0.3) is 0 Å². The molecular weight excluding hydrogens is 174 g/mol. The van der Waals surface area contributed by atoms with E-state index in [4.69, 9.17) is 0 Å². The molecule has 2 heteroatoms. The smallest absolute Gasteiger partial charge is 0.155 e. The number of ketones is 1. The summed E-state index contributed by atoms with van der Waals surface area (Å²) in [5.74, 6) is 0.301. The van der Waals surface area contributed by atoms with Crippen LogP contribution in [0.2, 0.25) is 0 Å². The van der Waals surface area contributed by atoms with Crippen LogP contribution in [0.1, 0.15) is 54.9 Å². The molecule has 14 heavy (non-hydrogen) atoms. The third-order valence-electron chi connectivity index (χ3n) is 2.07. The fourth-order valence-corrected chi connectivity index (χ4v) is 1.40. The van der Waals surface area contributed by atoms with Gasteiger partial charge in [0.15, 0.2) is 5.78 Å². The van der Waals surface area contributed by atoms with E-state index in [1.54, 1.807) is 0 Å². The van der Waals surface area contributed by atoms with Crippen LogP contribution in [-0.4, -0.2) is 17.4 Å². The number of rotatable bonds is 3. The molecule has 0 aliphatic carbocycles. The first kappa shape index (κ1) is 13.6. The average molecular weight is 199 g/mol. The van der Waals surface area contributed by atoms with Crippen molar-refractivity contribution in [3.8, 4) is 0 Å². The van der Waals surface area contributed by atoms with E-state index in [2.05, 4.69) is 26.1 Å². The molecule has 0 amide bonds. The summed E-state index contributed by atoms with van der Waals surface area (Å²) < 4.78 is 0.